The molecule has 5 heteroatoms. The van der Waals surface area contributed by atoms with E-state index >= 15 is 0 Å². The minimum Gasteiger partial charge on any atom is -0.381 e. The second-order valence-electron chi connectivity index (χ2n) is 5.21. The van der Waals surface area contributed by atoms with Gasteiger partial charge in [0.2, 0.25) is 0 Å². The Labute approximate surface area is 119 Å². The van der Waals surface area contributed by atoms with Crippen LogP contribution in [0.15, 0.2) is 36.8 Å². The number of likely N-dealkylation sites (tertiary alicyclic amines) is 1. The lowest BCUT2D eigenvalue weighted by atomic mass is 10.0. The molecule has 0 aromatic carbocycles. The first-order valence-electron chi connectivity index (χ1n) is 7.30. The predicted octanol–water partition coefficient (Wildman–Crippen LogP) is 2.16. The molecule has 0 saturated carbocycles. The number of nitrogens with one attached hydrogen (secondary N) is 1. The van der Waals surface area contributed by atoms with Gasteiger partial charge < -0.3 is 10.2 Å². The van der Waals surface area contributed by atoms with Crippen LogP contribution in [-0.2, 0) is 0 Å². The summed E-state index contributed by atoms with van der Waals surface area (Å²) in [5, 5.41) is 7.76. The summed E-state index contributed by atoms with van der Waals surface area (Å²) in [4.78, 5) is 6.94. The summed E-state index contributed by atoms with van der Waals surface area (Å²) in [6.45, 7) is 5.76. The molecule has 1 saturated heterocycles. The molecule has 3 rings (SSSR count). The fourth-order valence-electron chi connectivity index (χ4n) is 2.64. The first-order valence-corrected chi connectivity index (χ1v) is 7.30. The molecule has 0 amide bonds. The van der Waals surface area contributed by atoms with Crippen LogP contribution < -0.4 is 5.32 Å². The third-order valence-electron chi connectivity index (χ3n) is 3.89. The zero-order valence-electron chi connectivity index (χ0n) is 11.9. The summed E-state index contributed by atoms with van der Waals surface area (Å²) in [5.41, 5.74) is 1.09. The molecule has 1 aliphatic rings. The molecule has 2 aromatic heterocycles. The number of nitrogens with zero attached hydrogens (tertiary/aromatic N) is 4. The largest absolute Gasteiger partial charge is 0.381 e. The molecule has 1 aliphatic heterocycles. The SMILES string of the molecule is CCN1CCC(Nc2ccc(-n3cccn3)nc2)CC1. The van der Waals surface area contributed by atoms with E-state index in [1.54, 1.807) is 10.9 Å². The van der Waals surface area contributed by atoms with Crippen molar-refractivity contribution in [2.75, 3.05) is 25.0 Å². The van der Waals surface area contributed by atoms with Gasteiger partial charge in [-0.15, -0.1) is 0 Å². The van der Waals surface area contributed by atoms with E-state index in [0.29, 0.717) is 6.04 Å². The molecule has 0 radical (unpaired) electrons. The Morgan fingerprint density at radius 2 is 2.15 bits per heavy atom. The molecular formula is C15H21N5. The molecule has 1 N–H and O–H groups in total. The average Bonchev–Trinajstić information content (AvgIpc) is 3.03. The number of piperidine rings is 1. The van der Waals surface area contributed by atoms with Crippen LogP contribution in [0.2, 0.25) is 0 Å². The van der Waals surface area contributed by atoms with Gasteiger partial charge in [-0.05, 0) is 37.6 Å². The molecule has 2 aromatic rings. The van der Waals surface area contributed by atoms with E-state index in [9.17, 15) is 0 Å². The molecule has 0 atom stereocenters. The summed E-state index contributed by atoms with van der Waals surface area (Å²) >= 11 is 0. The van der Waals surface area contributed by atoms with Crippen LogP contribution in [0, 0.1) is 0 Å². The van der Waals surface area contributed by atoms with E-state index in [1.165, 1.54) is 25.9 Å². The highest BCUT2D eigenvalue weighted by molar-refractivity contribution is 5.44. The second-order valence-corrected chi connectivity index (χ2v) is 5.21. The molecule has 0 aliphatic carbocycles. The van der Waals surface area contributed by atoms with E-state index in [4.69, 9.17) is 0 Å². The molecule has 0 spiro atoms. The number of hydrogen-bond acceptors (Lipinski definition) is 4. The minimum absolute atomic E-state index is 0.565. The topological polar surface area (TPSA) is 46.0 Å². The zero-order valence-corrected chi connectivity index (χ0v) is 11.9. The van der Waals surface area contributed by atoms with Crippen LogP contribution in [0.4, 0.5) is 5.69 Å². The first kappa shape index (κ1) is 13.1. The highest BCUT2D eigenvalue weighted by atomic mass is 15.3. The number of rotatable bonds is 4. The fourth-order valence-corrected chi connectivity index (χ4v) is 2.64. The van der Waals surface area contributed by atoms with Gasteiger partial charge in [0.05, 0.1) is 11.9 Å². The van der Waals surface area contributed by atoms with Crippen molar-refractivity contribution in [3.63, 3.8) is 0 Å². The highest BCUT2D eigenvalue weighted by Crippen LogP contribution is 2.16. The maximum absolute atomic E-state index is 4.45. The van der Waals surface area contributed by atoms with Gasteiger partial charge >= 0.3 is 0 Å². The fraction of sp³-hybridized carbons (Fsp3) is 0.467. The van der Waals surface area contributed by atoms with Crippen molar-refractivity contribution in [2.45, 2.75) is 25.8 Å². The molecule has 20 heavy (non-hydrogen) atoms. The van der Waals surface area contributed by atoms with Crippen LogP contribution in [0.3, 0.4) is 0 Å². The molecule has 106 valence electrons. The van der Waals surface area contributed by atoms with Crippen LogP contribution in [0.1, 0.15) is 19.8 Å². The molecule has 0 bridgehead atoms. The van der Waals surface area contributed by atoms with Gasteiger partial charge in [-0.25, -0.2) is 9.67 Å². The lowest BCUT2D eigenvalue weighted by molar-refractivity contribution is 0.229. The second kappa shape index (κ2) is 6.05. The lowest BCUT2D eigenvalue weighted by Crippen LogP contribution is -2.38. The lowest BCUT2D eigenvalue weighted by Gasteiger charge is -2.31. The van der Waals surface area contributed by atoms with Gasteiger partial charge in [-0.1, -0.05) is 6.92 Å². The third-order valence-corrected chi connectivity index (χ3v) is 3.89. The molecule has 0 unspecified atom stereocenters. The van der Waals surface area contributed by atoms with Gasteiger partial charge in [-0.2, -0.15) is 5.10 Å². The highest BCUT2D eigenvalue weighted by Gasteiger charge is 2.17. The third kappa shape index (κ3) is 2.99. The minimum atomic E-state index is 0.565. The van der Waals surface area contributed by atoms with Crippen molar-refractivity contribution >= 4 is 5.69 Å². The van der Waals surface area contributed by atoms with Crippen LogP contribution >= 0.6 is 0 Å². The van der Waals surface area contributed by atoms with Crippen LogP contribution in [0.5, 0.6) is 0 Å². The van der Waals surface area contributed by atoms with Crippen molar-refractivity contribution in [1.29, 1.82) is 0 Å². The Hall–Kier alpha value is -1.88. The van der Waals surface area contributed by atoms with E-state index in [-0.39, 0.29) is 0 Å². The maximum atomic E-state index is 4.45. The summed E-state index contributed by atoms with van der Waals surface area (Å²) in [6.07, 6.45) is 7.96. The van der Waals surface area contributed by atoms with E-state index in [0.717, 1.165) is 18.1 Å². The van der Waals surface area contributed by atoms with Gasteiger partial charge in [0.15, 0.2) is 5.82 Å². The average molecular weight is 271 g/mol. The Morgan fingerprint density at radius 3 is 2.75 bits per heavy atom. The monoisotopic (exact) mass is 271 g/mol. The number of aromatic nitrogens is 3. The predicted molar refractivity (Wildman–Crippen MR) is 80.1 cm³/mol. The Bertz CT molecular complexity index is 512. The molecular weight excluding hydrogens is 250 g/mol. The molecule has 3 heterocycles. The van der Waals surface area contributed by atoms with Crippen LogP contribution in [-0.4, -0.2) is 45.3 Å². The number of anilines is 1. The van der Waals surface area contributed by atoms with E-state index in [2.05, 4.69) is 33.3 Å². The zero-order chi connectivity index (χ0) is 13.8. The number of hydrogen-bond donors (Lipinski definition) is 1. The molecule has 1 fully saturated rings. The van der Waals surface area contributed by atoms with Crippen molar-refractivity contribution < 1.29 is 0 Å². The van der Waals surface area contributed by atoms with Crippen molar-refractivity contribution in [1.82, 2.24) is 19.7 Å². The summed E-state index contributed by atoms with van der Waals surface area (Å²) in [5.74, 6) is 0.848. The van der Waals surface area contributed by atoms with Gasteiger partial charge in [0.25, 0.3) is 0 Å². The van der Waals surface area contributed by atoms with Gasteiger partial charge in [0.1, 0.15) is 0 Å². The Balaban J connectivity index is 1.59. The summed E-state index contributed by atoms with van der Waals surface area (Å²) < 4.78 is 1.77. The molecule has 5 nitrogen and oxygen atoms in total. The summed E-state index contributed by atoms with van der Waals surface area (Å²) in [7, 11) is 0. The van der Waals surface area contributed by atoms with Crippen LogP contribution in [0.25, 0.3) is 5.82 Å². The maximum Gasteiger partial charge on any atom is 0.153 e. The van der Waals surface area contributed by atoms with Crippen molar-refractivity contribution in [3.05, 3.63) is 36.8 Å². The summed E-state index contributed by atoms with van der Waals surface area (Å²) in [6, 6.07) is 6.54. The van der Waals surface area contributed by atoms with E-state index < -0.39 is 0 Å². The first-order chi connectivity index (χ1) is 9.85. The van der Waals surface area contributed by atoms with Crippen molar-refractivity contribution in [3.8, 4) is 5.82 Å². The number of pyridine rings is 1. The van der Waals surface area contributed by atoms with Gasteiger partial charge in [0, 0.05) is 31.5 Å². The quantitative estimate of drug-likeness (QED) is 0.925. The van der Waals surface area contributed by atoms with Crippen molar-refractivity contribution in [2.24, 2.45) is 0 Å². The smallest absolute Gasteiger partial charge is 0.153 e. The van der Waals surface area contributed by atoms with E-state index in [1.807, 2.05) is 24.5 Å². The normalized spacial score (nSPS) is 17.2. The Kier molecular flexibility index (Phi) is 3.97. The van der Waals surface area contributed by atoms with Gasteiger partial charge in [-0.3, -0.25) is 0 Å². The standard InChI is InChI=1S/C15H21N5/c1-2-19-10-6-13(7-11-19)18-14-4-5-15(16-12-14)20-9-3-8-17-20/h3-5,8-9,12-13,18H,2,6-7,10-11H2,1H3. The Morgan fingerprint density at radius 1 is 1.30 bits per heavy atom.